The van der Waals surface area contributed by atoms with Crippen molar-refractivity contribution in [2.45, 2.75) is 25.3 Å². The van der Waals surface area contributed by atoms with Gasteiger partial charge >= 0.3 is 0 Å². The molecule has 6 nitrogen and oxygen atoms in total. The summed E-state index contributed by atoms with van der Waals surface area (Å²) < 4.78 is 13.1. The number of para-hydroxylation sites is 1. The van der Waals surface area contributed by atoms with Crippen molar-refractivity contribution >= 4 is 16.8 Å². The Morgan fingerprint density at radius 2 is 1.68 bits per heavy atom. The number of hydrogen-bond donors (Lipinski definition) is 1. The van der Waals surface area contributed by atoms with E-state index in [0.717, 1.165) is 51.6 Å². The third kappa shape index (κ3) is 6.63. The number of amides is 1. The van der Waals surface area contributed by atoms with Crippen molar-refractivity contribution < 1.29 is 14.3 Å². The number of rotatable bonds is 11. The van der Waals surface area contributed by atoms with Gasteiger partial charge in [-0.2, -0.15) is 0 Å². The first-order chi connectivity index (χ1) is 18.7. The summed E-state index contributed by atoms with van der Waals surface area (Å²) in [5.74, 6) is 1.03. The van der Waals surface area contributed by atoms with Crippen molar-refractivity contribution in [3.63, 3.8) is 0 Å². The third-order valence-electron chi connectivity index (χ3n) is 7.38. The highest BCUT2D eigenvalue weighted by molar-refractivity contribution is 5.86. The van der Waals surface area contributed by atoms with Gasteiger partial charge in [0.05, 0.1) is 20.3 Å². The minimum absolute atomic E-state index is 0.0720. The van der Waals surface area contributed by atoms with E-state index in [1.807, 2.05) is 18.2 Å². The summed E-state index contributed by atoms with van der Waals surface area (Å²) in [5.41, 5.74) is 4.86. The van der Waals surface area contributed by atoms with Crippen molar-refractivity contribution in [1.29, 1.82) is 0 Å². The maximum atomic E-state index is 13.2. The second kappa shape index (κ2) is 12.8. The molecular weight excluding hydrogens is 474 g/mol. The standard InChI is InChI=1S/C32H37N3O3/c1-37-28-13-11-26(12-14-28)23-35-24-30(29-9-5-6-10-31(29)35)27(21-25-7-3-2-4-8-25)22-32(36)33-15-16-34-17-19-38-20-18-34/h2-14,24,27H,15-23H2,1H3,(H,33,36)/t27-/m0/s1. The number of methoxy groups -OCH3 is 1. The van der Waals surface area contributed by atoms with Gasteiger partial charge in [0.2, 0.25) is 5.91 Å². The first-order valence-corrected chi connectivity index (χ1v) is 13.5. The minimum Gasteiger partial charge on any atom is -0.497 e. The van der Waals surface area contributed by atoms with Crippen molar-refractivity contribution in [2.24, 2.45) is 0 Å². The van der Waals surface area contributed by atoms with Gasteiger partial charge in [-0.25, -0.2) is 0 Å². The number of fused-ring (bicyclic) bond motifs is 1. The zero-order valence-corrected chi connectivity index (χ0v) is 22.1. The summed E-state index contributed by atoms with van der Waals surface area (Å²) in [4.78, 5) is 15.5. The molecule has 0 saturated carbocycles. The summed E-state index contributed by atoms with van der Waals surface area (Å²) in [5, 5.41) is 4.39. The first kappa shape index (κ1) is 26.0. The maximum Gasteiger partial charge on any atom is 0.220 e. The Balaban J connectivity index is 1.37. The van der Waals surface area contributed by atoms with E-state index in [4.69, 9.17) is 9.47 Å². The quantitative estimate of drug-likeness (QED) is 0.312. The highest BCUT2D eigenvalue weighted by Gasteiger charge is 2.22. The lowest BCUT2D eigenvalue weighted by atomic mass is 9.88. The Morgan fingerprint density at radius 3 is 2.45 bits per heavy atom. The van der Waals surface area contributed by atoms with Crippen LogP contribution in [-0.4, -0.2) is 61.9 Å². The Morgan fingerprint density at radius 1 is 0.947 bits per heavy atom. The molecule has 1 saturated heterocycles. The fourth-order valence-corrected chi connectivity index (χ4v) is 5.32. The molecule has 1 aromatic heterocycles. The zero-order valence-electron chi connectivity index (χ0n) is 22.1. The molecule has 3 aromatic carbocycles. The molecular formula is C32H37N3O3. The Bertz CT molecular complexity index is 1310. The van der Waals surface area contributed by atoms with Crippen LogP contribution in [0.3, 0.4) is 0 Å². The van der Waals surface area contributed by atoms with E-state index >= 15 is 0 Å². The van der Waals surface area contributed by atoms with E-state index in [2.05, 4.69) is 81.6 Å². The molecule has 1 fully saturated rings. The lowest BCUT2D eigenvalue weighted by molar-refractivity contribution is -0.121. The molecule has 1 aliphatic rings. The number of hydrogen-bond acceptors (Lipinski definition) is 4. The van der Waals surface area contributed by atoms with Crippen molar-refractivity contribution in [3.05, 3.63) is 102 Å². The van der Waals surface area contributed by atoms with Crippen LogP contribution < -0.4 is 10.1 Å². The summed E-state index contributed by atoms with van der Waals surface area (Å²) >= 11 is 0. The van der Waals surface area contributed by atoms with Gasteiger partial charge in [0.25, 0.3) is 0 Å². The number of aromatic nitrogens is 1. The molecule has 0 unspecified atom stereocenters. The van der Waals surface area contributed by atoms with Gasteiger partial charge in [-0.15, -0.1) is 0 Å². The summed E-state index contributed by atoms with van der Waals surface area (Å²) in [6, 6.07) is 27.2. The Hall–Kier alpha value is -3.61. The van der Waals surface area contributed by atoms with Gasteiger partial charge in [-0.1, -0.05) is 60.7 Å². The lowest BCUT2D eigenvalue weighted by Gasteiger charge is -2.26. The number of ether oxygens (including phenoxy) is 2. The molecule has 1 N–H and O–H groups in total. The second-order valence-electron chi connectivity index (χ2n) is 9.97. The van der Waals surface area contributed by atoms with Crippen LogP contribution in [0.15, 0.2) is 85.1 Å². The fourth-order valence-electron chi connectivity index (χ4n) is 5.32. The van der Waals surface area contributed by atoms with E-state index < -0.39 is 0 Å². The van der Waals surface area contributed by atoms with Gasteiger partial charge < -0.3 is 19.4 Å². The van der Waals surface area contributed by atoms with E-state index in [-0.39, 0.29) is 11.8 Å². The molecule has 0 radical (unpaired) electrons. The second-order valence-corrected chi connectivity index (χ2v) is 9.97. The van der Waals surface area contributed by atoms with Gasteiger partial charge in [-0.05, 0) is 47.2 Å². The average molecular weight is 512 g/mol. The van der Waals surface area contributed by atoms with E-state index in [0.29, 0.717) is 13.0 Å². The Kier molecular flexibility index (Phi) is 8.74. The summed E-state index contributed by atoms with van der Waals surface area (Å²) in [6.07, 6.45) is 3.52. The highest BCUT2D eigenvalue weighted by Crippen LogP contribution is 2.33. The topological polar surface area (TPSA) is 55.7 Å². The summed E-state index contributed by atoms with van der Waals surface area (Å²) in [7, 11) is 1.69. The molecule has 1 atom stereocenters. The average Bonchev–Trinajstić information content (AvgIpc) is 3.32. The van der Waals surface area contributed by atoms with Crippen LogP contribution in [0.5, 0.6) is 5.75 Å². The fraction of sp³-hybridized carbons (Fsp3) is 0.344. The predicted octanol–water partition coefficient (Wildman–Crippen LogP) is 4.86. The number of carbonyl (C=O) groups is 1. The molecule has 198 valence electrons. The molecule has 1 amide bonds. The summed E-state index contributed by atoms with van der Waals surface area (Å²) in [6.45, 7) is 5.69. The van der Waals surface area contributed by atoms with Crippen LogP contribution in [0, 0.1) is 0 Å². The first-order valence-electron chi connectivity index (χ1n) is 13.5. The number of morpholine rings is 1. The zero-order chi connectivity index (χ0) is 26.2. The molecule has 0 spiro atoms. The highest BCUT2D eigenvalue weighted by atomic mass is 16.5. The van der Waals surface area contributed by atoms with Crippen molar-refractivity contribution in [3.8, 4) is 5.75 Å². The van der Waals surface area contributed by atoms with Crippen LogP contribution in [0.4, 0.5) is 0 Å². The van der Waals surface area contributed by atoms with Gasteiger partial charge in [0, 0.05) is 56.2 Å². The third-order valence-corrected chi connectivity index (χ3v) is 7.38. The Labute approximate surface area is 225 Å². The number of benzene rings is 3. The largest absolute Gasteiger partial charge is 0.497 e. The van der Waals surface area contributed by atoms with Gasteiger partial charge in [0.1, 0.15) is 5.75 Å². The van der Waals surface area contributed by atoms with E-state index in [9.17, 15) is 4.79 Å². The van der Waals surface area contributed by atoms with Gasteiger partial charge in [-0.3, -0.25) is 9.69 Å². The van der Waals surface area contributed by atoms with Crippen LogP contribution in [0.2, 0.25) is 0 Å². The molecule has 1 aliphatic heterocycles. The van der Waals surface area contributed by atoms with E-state index in [1.54, 1.807) is 7.11 Å². The SMILES string of the molecule is COc1ccc(Cn2cc([C@H](CC(=O)NCCN3CCOCC3)Cc3ccccc3)c3ccccc32)cc1. The maximum absolute atomic E-state index is 13.2. The number of nitrogens with one attached hydrogen (secondary N) is 1. The van der Waals surface area contributed by atoms with Gasteiger partial charge in [0.15, 0.2) is 0 Å². The minimum atomic E-state index is 0.0720. The molecule has 2 heterocycles. The van der Waals surface area contributed by atoms with E-state index in [1.165, 1.54) is 27.6 Å². The van der Waals surface area contributed by atoms with Crippen LogP contribution in [0.25, 0.3) is 10.9 Å². The lowest BCUT2D eigenvalue weighted by Crippen LogP contribution is -2.41. The predicted molar refractivity (Wildman–Crippen MR) is 152 cm³/mol. The molecule has 0 bridgehead atoms. The molecule has 6 heteroatoms. The molecule has 4 aromatic rings. The van der Waals surface area contributed by atoms with Crippen LogP contribution >= 0.6 is 0 Å². The molecule has 38 heavy (non-hydrogen) atoms. The number of nitrogens with zero attached hydrogens (tertiary/aromatic N) is 2. The molecule has 5 rings (SSSR count). The molecule has 0 aliphatic carbocycles. The monoisotopic (exact) mass is 511 g/mol. The number of carbonyl (C=O) groups excluding carboxylic acids is 1. The van der Waals surface area contributed by atoms with Crippen molar-refractivity contribution in [1.82, 2.24) is 14.8 Å². The van der Waals surface area contributed by atoms with Crippen LogP contribution in [0.1, 0.15) is 29.0 Å². The smallest absolute Gasteiger partial charge is 0.220 e. The van der Waals surface area contributed by atoms with Crippen molar-refractivity contribution in [2.75, 3.05) is 46.5 Å². The van der Waals surface area contributed by atoms with Crippen LogP contribution in [-0.2, 0) is 22.5 Å². The normalized spacial score (nSPS) is 14.9.